The monoisotopic (exact) mass is 343 g/mol. The summed E-state index contributed by atoms with van der Waals surface area (Å²) in [5.74, 6) is 0. The topological polar surface area (TPSA) is 69.4 Å². The van der Waals surface area contributed by atoms with E-state index in [4.69, 9.17) is 15.3 Å². The molecule has 3 saturated heterocycles. The summed E-state index contributed by atoms with van der Waals surface area (Å²) in [6.07, 6.45) is 14.7. The van der Waals surface area contributed by atoms with Crippen LogP contribution in [-0.4, -0.2) is 60.3 Å². The largest absolute Gasteiger partial charge is 0.356 e. The maximum absolute atomic E-state index is 8.25. The first kappa shape index (κ1) is 21.2. The number of nitrogens with zero attached hydrogens (tertiary/aromatic N) is 3. The lowest BCUT2D eigenvalue weighted by atomic mass is 10.1. The van der Waals surface area contributed by atoms with Crippen molar-refractivity contribution in [1.29, 1.82) is 0 Å². The van der Waals surface area contributed by atoms with E-state index >= 15 is 0 Å². The fourth-order valence-electron chi connectivity index (χ4n) is 4.00. The molecule has 0 aromatic heterocycles. The highest BCUT2D eigenvalue weighted by Crippen LogP contribution is 2.21. The minimum Gasteiger partial charge on any atom is -0.356 e. The van der Waals surface area contributed by atoms with Crippen LogP contribution in [-0.2, 0) is 0 Å². The molecule has 3 rings (SSSR count). The SMILES string of the molecule is CCCCCCCCCCCC[N+]12CCN(CC1)CC2.O=[N+]([O-])[O-]. The molecule has 0 spiro atoms. The van der Waals surface area contributed by atoms with E-state index in [2.05, 4.69) is 11.8 Å². The number of hydrogen-bond donors (Lipinski definition) is 0. The van der Waals surface area contributed by atoms with Crippen LogP contribution in [0.5, 0.6) is 0 Å². The van der Waals surface area contributed by atoms with Crippen LogP contribution in [0.2, 0.25) is 0 Å². The molecule has 6 nitrogen and oxygen atoms in total. The molecule has 3 aliphatic rings. The zero-order chi connectivity index (χ0) is 17.7. The standard InChI is InChI=1S/C18H37N2.NO3/c1-2-3-4-5-6-7-8-9-10-11-15-20-16-12-19(13-17-20)14-18-20;2-1(3)4/h2-18H2,1H3;/q+1;-1. The van der Waals surface area contributed by atoms with Crippen molar-refractivity contribution < 1.29 is 9.57 Å². The fourth-order valence-corrected chi connectivity index (χ4v) is 4.00. The molecule has 0 unspecified atom stereocenters. The maximum atomic E-state index is 8.25. The van der Waals surface area contributed by atoms with E-state index in [9.17, 15) is 0 Å². The van der Waals surface area contributed by atoms with Gasteiger partial charge in [0.15, 0.2) is 0 Å². The molecule has 0 aromatic rings. The van der Waals surface area contributed by atoms with E-state index in [0.717, 1.165) is 0 Å². The molecular weight excluding hydrogens is 306 g/mol. The van der Waals surface area contributed by atoms with Gasteiger partial charge in [-0.2, -0.15) is 0 Å². The van der Waals surface area contributed by atoms with Gasteiger partial charge in [-0.1, -0.05) is 58.3 Å². The summed E-state index contributed by atoms with van der Waals surface area (Å²) >= 11 is 0. The van der Waals surface area contributed by atoms with Gasteiger partial charge in [0.1, 0.15) is 0 Å². The average molecular weight is 344 g/mol. The van der Waals surface area contributed by atoms with Gasteiger partial charge < -0.3 is 19.8 Å². The van der Waals surface area contributed by atoms with Crippen LogP contribution in [0.4, 0.5) is 0 Å². The summed E-state index contributed by atoms with van der Waals surface area (Å²) in [5, 5.41) is 14.8. The van der Waals surface area contributed by atoms with E-state index in [1.165, 1.54) is 115 Å². The van der Waals surface area contributed by atoms with Gasteiger partial charge in [0, 0.05) is 19.6 Å². The Morgan fingerprint density at radius 2 is 1.17 bits per heavy atom. The predicted octanol–water partition coefficient (Wildman–Crippen LogP) is 3.81. The Kier molecular flexibility index (Phi) is 11.0. The zero-order valence-corrected chi connectivity index (χ0v) is 15.6. The van der Waals surface area contributed by atoms with Crippen molar-refractivity contribution in [3.8, 4) is 0 Å². The highest BCUT2D eigenvalue weighted by atomic mass is 16.9. The van der Waals surface area contributed by atoms with E-state index in [-0.39, 0.29) is 0 Å². The number of rotatable bonds is 11. The Labute approximate surface area is 147 Å². The van der Waals surface area contributed by atoms with Crippen LogP contribution >= 0.6 is 0 Å². The van der Waals surface area contributed by atoms with E-state index < -0.39 is 5.09 Å². The van der Waals surface area contributed by atoms with E-state index in [1.54, 1.807) is 0 Å². The van der Waals surface area contributed by atoms with Crippen LogP contribution in [0.3, 0.4) is 0 Å². The number of piperazine rings is 3. The molecule has 142 valence electrons. The summed E-state index contributed by atoms with van der Waals surface area (Å²) in [4.78, 5) is 10.9. The Balaban J connectivity index is 0.000000648. The second kappa shape index (κ2) is 12.5. The van der Waals surface area contributed by atoms with E-state index in [1.807, 2.05) is 0 Å². The van der Waals surface area contributed by atoms with Gasteiger partial charge in [-0.05, 0) is 12.8 Å². The summed E-state index contributed by atoms with van der Waals surface area (Å²) in [5.41, 5.74) is 0. The Morgan fingerprint density at radius 1 is 0.792 bits per heavy atom. The first-order valence-corrected chi connectivity index (χ1v) is 9.97. The van der Waals surface area contributed by atoms with Gasteiger partial charge in [0.05, 0.1) is 31.3 Å². The zero-order valence-electron chi connectivity index (χ0n) is 15.6. The van der Waals surface area contributed by atoms with Crippen molar-refractivity contribution in [2.24, 2.45) is 0 Å². The Bertz CT molecular complexity index is 314. The van der Waals surface area contributed by atoms with Crippen LogP contribution in [0.1, 0.15) is 71.1 Å². The molecule has 0 aromatic carbocycles. The second-order valence-electron chi connectivity index (χ2n) is 7.48. The summed E-state index contributed by atoms with van der Waals surface area (Å²) in [6.45, 7) is 12.2. The van der Waals surface area contributed by atoms with Crippen molar-refractivity contribution in [2.45, 2.75) is 71.1 Å². The molecule has 3 fully saturated rings. The Hall–Kier alpha value is -0.880. The quantitative estimate of drug-likeness (QED) is 0.247. The predicted molar refractivity (Wildman–Crippen MR) is 98.4 cm³/mol. The minimum atomic E-state index is -1.75. The number of quaternary nitrogens is 1. The van der Waals surface area contributed by atoms with Gasteiger partial charge in [-0.15, -0.1) is 0 Å². The molecule has 0 atom stereocenters. The number of fused-ring (bicyclic) bond motifs is 3. The third-order valence-corrected chi connectivity index (χ3v) is 5.66. The Morgan fingerprint density at radius 3 is 1.58 bits per heavy atom. The number of hydrogen-bond acceptors (Lipinski definition) is 4. The van der Waals surface area contributed by atoms with Crippen molar-refractivity contribution in [1.82, 2.24) is 4.90 Å². The lowest BCUT2D eigenvalue weighted by Crippen LogP contribution is -2.67. The highest BCUT2D eigenvalue weighted by molar-refractivity contribution is 4.70. The number of unbranched alkanes of at least 4 members (excludes halogenated alkanes) is 9. The van der Waals surface area contributed by atoms with Gasteiger partial charge in [-0.25, -0.2) is 0 Å². The normalized spacial score (nSPS) is 25.1. The van der Waals surface area contributed by atoms with Crippen molar-refractivity contribution in [2.75, 3.05) is 45.8 Å². The first-order valence-electron chi connectivity index (χ1n) is 9.97. The first-order chi connectivity index (χ1) is 11.6. The van der Waals surface area contributed by atoms with Crippen molar-refractivity contribution in [3.63, 3.8) is 0 Å². The molecule has 2 bridgehead atoms. The van der Waals surface area contributed by atoms with Crippen molar-refractivity contribution in [3.05, 3.63) is 15.3 Å². The summed E-state index contributed by atoms with van der Waals surface area (Å²) in [6, 6.07) is 0. The highest BCUT2D eigenvalue weighted by Gasteiger charge is 2.37. The molecule has 6 heteroatoms. The van der Waals surface area contributed by atoms with E-state index in [0.29, 0.717) is 0 Å². The smallest absolute Gasteiger partial charge is 0.0916 e. The lowest BCUT2D eigenvalue weighted by Gasteiger charge is -2.50. The van der Waals surface area contributed by atoms with Gasteiger partial charge in [0.2, 0.25) is 0 Å². The molecule has 0 radical (unpaired) electrons. The van der Waals surface area contributed by atoms with Gasteiger partial charge in [-0.3, -0.25) is 4.90 Å². The molecule has 0 amide bonds. The van der Waals surface area contributed by atoms with Crippen LogP contribution in [0.25, 0.3) is 0 Å². The molecule has 3 aliphatic heterocycles. The van der Waals surface area contributed by atoms with Crippen LogP contribution in [0.15, 0.2) is 0 Å². The second-order valence-corrected chi connectivity index (χ2v) is 7.48. The summed E-state index contributed by atoms with van der Waals surface area (Å²) < 4.78 is 1.47. The average Bonchev–Trinajstić information content (AvgIpc) is 2.58. The molecule has 24 heavy (non-hydrogen) atoms. The third-order valence-electron chi connectivity index (χ3n) is 5.66. The molecule has 0 aliphatic carbocycles. The van der Waals surface area contributed by atoms with Gasteiger partial charge >= 0.3 is 0 Å². The molecule has 0 saturated carbocycles. The van der Waals surface area contributed by atoms with Gasteiger partial charge in [0.25, 0.3) is 0 Å². The van der Waals surface area contributed by atoms with Crippen molar-refractivity contribution >= 4 is 0 Å². The lowest BCUT2D eigenvalue weighted by molar-refractivity contribution is -0.941. The van der Waals surface area contributed by atoms with Crippen LogP contribution < -0.4 is 0 Å². The molecule has 3 heterocycles. The molecule has 0 N–H and O–H groups in total. The maximum Gasteiger partial charge on any atom is 0.0916 e. The summed E-state index contributed by atoms with van der Waals surface area (Å²) in [7, 11) is 0. The third kappa shape index (κ3) is 9.42. The minimum absolute atomic E-state index is 1.37. The fraction of sp³-hybridized carbons (Fsp3) is 1.00. The van der Waals surface area contributed by atoms with Crippen LogP contribution in [0, 0.1) is 15.3 Å². The molecular formula is C18H37N3O3.